The van der Waals surface area contributed by atoms with Crippen molar-refractivity contribution in [1.82, 2.24) is 10.6 Å². The second-order valence-corrected chi connectivity index (χ2v) is 7.35. The summed E-state index contributed by atoms with van der Waals surface area (Å²) in [6.45, 7) is 4.49. The first-order chi connectivity index (χ1) is 9.46. The number of hydrogen-bond donors (Lipinski definition) is 2. The minimum Gasteiger partial charge on any atom is -0.444 e. The molecule has 0 aromatic carbocycles. The van der Waals surface area contributed by atoms with Crippen molar-refractivity contribution in [3.8, 4) is 0 Å². The van der Waals surface area contributed by atoms with Crippen LogP contribution in [0.3, 0.4) is 0 Å². The van der Waals surface area contributed by atoms with Crippen molar-refractivity contribution in [2.24, 2.45) is 5.41 Å². The predicted octanol–water partition coefficient (Wildman–Crippen LogP) is 2.97. The molecule has 0 unspecified atom stereocenters. The van der Waals surface area contributed by atoms with Crippen LogP contribution in [0.15, 0.2) is 0 Å². The third-order valence-electron chi connectivity index (χ3n) is 4.03. The summed E-state index contributed by atoms with van der Waals surface area (Å²) in [5, 5.41) is 5.34. The third kappa shape index (κ3) is 4.76. The summed E-state index contributed by atoms with van der Waals surface area (Å²) in [6.07, 6.45) is -1.39. The Hall–Kier alpha value is -0.980. The summed E-state index contributed by atoms with van der Waals surface area (Å²) >= 11 is 0. The van der Waals surface area contributed by atoms with E-state index in [2.05, 4.69) is 10.6 Å². The minimum absolute atomic E-state index is 0.0471. The van der Waals surface area contributed by atoms with Crippen LogP contribution in [0.1, 0.15) is 46.5 Å². The third-order valence-corrected chi connectivity index (χ3v) is 4.03. The fourth-order valence-corrected chi connectivity index (χ4v) is 3.29. The van der Waals surface area contributed by atoms with Gasteiger partial charge >= 0.3 is 12.3 Å². The van der Waals surface area contributed by atoms with E-state index in [4.69, 9.17) is 4.74 Å². The summed E-state index contributed by atoms with van der Waals surface area (Å²) in [4.78, 5) is 11.6. The quantitative estimate of drug-likeness (QED) is 0.843. The largest absolute Gasteiger partial charge is 0.444 e. The lowest BCUT2D eigenvalue weighted by molar-refractivity contribution is -0.132. The molecule has 0 aromatic rings. The number of carbonyl (C=O) groups is 1. The van der Waals surface area contributed by atoms with Crippen molar-refractivity contribution in [3.63, 3.8) is 0 Å². The molecule has 0 atom stereocenters. The van der Waals surface area contributed by atoms with Crippen LogP contribution in [0.25, 0.3) is 0 Å². The number of hydrogen-bond acceptors (Lipinski definition) is 3. The summed E-state index contributed by atoms with van der Waals surface area (Å²) < 4.78 is 41.4. The molecule has 2 aliphatic carbocycles. The molecule has 0 heterocycles. The highest BCUT2D eigenvalue weighted by Crippen LogP contribution is 2.55. The zero-order valence-corrected chi connectivity index (χ0v) is 12.6. The number of carbonyl (C=O) groups excluding carboxylic acids is 1. The van der Waals surface area contributed by atoms with Gasteiger partial charge in [-0.05, 0) is 51.9 Å². The Morgan fingerprint density at radius 2 is 1.67 bits per heavy atom. The van der Waals surface area contributed by atoms with Crippen molar-refractivity contribution in [2.75, 3.05) is 6.54 Å². The zero-order valence-electron chi connectivity index (χ0n) is 12.6. The topological polar surface area (TPSA) is 50.4 Å². The first kappa shape index (κ1) is 16.4. The van der Waals surface area contributed by atoms with E-state index in [9.17, 15) is 18.0 Å². The van der Waals surface area contributed by atoms with E-state index >= 15 is 0 Å². The molecule has 0 bridgehead atoms. The summed E-state index contributed by atoms with van der Waals surface area (Å²) in [5.74, 6) is 0. The number of amides is 1. The molecule has 0 aromatic heterocycles. The highest BCUT2D eigenvalue weighted by atomic mass is 19.4. The van der Waals surface area contributed by atoms with Gasteiger partial charge in [-0.1, -0.05) is 0 Å². The van der Waals surface area contributed by atoms with Gasteiger partial charge in [0.05, 0.1) is 6.54 Å². The van der Waals surface area contributed by atoms with Crippen LogP contribution in [0.5, 0.6) is 0 Å². The Morgan fingerprint density at radius 3 is 2.14 bits per heavy atom. The Morgan fingerprint density at radius 1 is 1.14 bits per heavy atom. The number of nitrogens with one attached hydrogen (secondary N) is 2. The first-order valence-corrected chi connectivity index (χ1v) is 7.26. The maximum atomic E-state index is 12.1. The summed E-state index contributed by atoms with van der Waals surface area (Å²) in [5.41, 5.74) is -0.391. The lowest BCUT2D eigenvalue weighted by Gasteiger charge is -2.58. The zero-order chi connectivity index (χ0) is 15.9. The van der Waals surface area contributed by atoms with Crippen LogP contribution >= 0.6 is 0 Å². The van der Waals surface area contributed by atoms with E-state index in [0.29, 0.717) is 0 Å². The molecule has 4 nitrogen and oxygen atoms in total. The van der Waals surface area contributed by atoms with Gasteiger partial charge < -0.3 is 15.4 Å². The molecule has 2 rings (SSSR count). The number of rotatable bonds is 3. The Kier molecular flexibility index (Phi) is 4.17. The number of ether oxygens (including phenoxy) is 1. The average Bonchev–Trinajstić information content (AvgIpc) is 2.13. The number of alkyl carbamates (subject to hydrolysis) is 1. The number of halogens is 3. The molecule has 122 valence electrons. The SMILES string of the molecule is CC(C)(C)OC(=O)NC1CC2(CC(NCC(F)(F)F)C2)C1. The fraction of sp³-hybridized carbons (Fsp3) is 0.929. The van der Waals surface area contributed by atoms with Gasteiger partial charge in [0.1, 0.15) is 5.60 Å². The molecule has 2 saturated carbocycles. The first-order valence-electron chi connectivity index (χ1n) is 7.26. The number of alkyl halides is 3. The van der Waals surface area contributed by atoms with Gasteiger partial charge in [-0.15, -0.1) is 0 Å². The van der Waals surface area contributed by atoms with Gasteiger partial charge in [0, 0.05) is 12.1 Å². The Bertz CT molecular complexity index is 390. The van der Waals surface area contributed by atoms with Crippen molar-refractivity contribution in [2.45, 2.75) is 70.3 Å². The Labute approximate surface area is 122 Å². The smallest absolute Gasteiger partial charge is 0.407 e. The lowest BCUT2D eigenvalue weighted by atomic mass is 9.52. The molecule has 7 heteroatoms. The molecule has 0 radical (unpaired) electrons. The second-order valence-electron chi connectivity index (χ2n) is 7.35. The maximum Gasteiger partial charge on any atom is 0.407 e. The van der Waals surface area contributed by atoms with E-state index in [1.165, 1.54) is 0 Å². The van der Waals surface area contributed by atoms with Gasteiger partial charge in [-0.2, -0.15) is 13.2 Å². The molecule has 2 fully saturated rings. The van der Waals surface area contributed by atoms with Gasteiger partial charge in [0.2, 0.25) is 0 Å². The van der Waals surface area contributed by atoms with E-state index in [-0.39, 0.29) is 17.5 Å². The van der Waals surface area contributed by atoms with Crippen molar-refractivity contribution < 1.29 is 22.7 Å². The summed E-state index contributed by atoms with van der Waals surface area (Å²) in [6, 6.07) is 0.0394. The maximum absolute atomic E-state index is 12.1. The van der Waals surface area contributed by atoms with Crippen molar-refractivity contribution in [3.05, 3.63) is 0 Å². The van der Waals surface area contributed by atoms with Gasteiger partial charge in [0.15, 0.2) is 0 Å². The molecular formula is C14H23F3N2O2. The van der Waals surface area contributed by atoms with E-state index < -0.39 is 24.4 Å². The molecule has 0 saturated heterocycles. The molecule has 2 N–H and O–H groups in total. The van der Waals surface area contributed by atoms with Gasteiger partial charge in [0.25, 0.3) is 0 Å². The average molecular weight is 308 g/mol. The van der Waals surface area contributed by atoms with E-state index in [0.717, 1.165) is 25.7 Å². The molecule has 1 spiro atoms. The lowest BCUT2D eigenvalue weighted by Crippen LogP contribution is -2.61. The van der Waals surface area contributed by atoms with E-state index in [1.807, 2.05) is 0 Å². The minimum atomic E-state index is -4.15. The highest BCUT2D eigenvalue weighted by molar-refractivity contribution is 5.68. The molecular weight excluding hydrogens is 285 g/mol. The summed E-state index contributed by atoms with van der Waals surface area (Å²) in [7, 11) is 0. The van der Waals surface area contributed by atoms with Crippen LogP contribution in [0.2, 0.25) is 0 Å². The van der Waals surface area contributed by atoms with E-state index in [1.54, 1.807) is 20.8 Å². The normalized spacial score (nSPS) is 32.3. The van der Waals surface area contributed by atoms with Crippen LogP contribution in [-0.2, 0) is 4.74 Å². The van der Waals surface area contributed by atoms with Crippen LogP contribution < -0.4 is 10.6 Å². The van der Waals surface area contributed by atoms with Gasteiger partial charge in [-0.3, -0.25) is 0 Å². The second kappa shape index (κ2) is 5.34. The Balaban J connectivity index is 1.61. The van der Waals surface area contributed by atoms with Crippen LogP contribution in [-0.4, -0.2) is 36.5 Å². The molecule has 21 heavy (non-hydrogen) atoms. The standard InChI is InChI=1S/C14H23F3N2O2/c1-12(2,3)21-11(20)19-10-6-13(7-10)4-9(5-13)18-8-14(15,16)17/h9-10,18H,4-8H2,1-3H3,(H,19,20). The van der Waals surface area contributed by atoms with Crippen LogP contribution in [0.4, 0.5) is 18.0 Å². The molecule has 1 amide bonds. The fourth-order valence-electron chi connectivity index (χ4n) is 3.29. The van der Waals surface area contributed by atoms with Crippen LogP contribution in [0, 0.1) is 5.41 Å². The molecule has 2 aliphatic rings. The highest BCUT2D eigenvalue weighted by Gasteiger charge is 2.53. The van der Waals surface area contributed by atoms with Crippen molar-refractivity contribution >= 4 is 6.09 Å². The van der Waals surface area contributed by atoms with Crippen molar-refractivity contribution in [1.29, 1.82) is 0 Å². The predicted molar refractivity (Wildman–Crippen MR) is 71.9 cm³/mol. The van der Waals surface area contributed by atoms with Gasteiger partial charge in [-0.25, -0.2) is 4.79 Å². The molecule has 0 aliphatic heterocycles. The monoisotopic (exact) mass is 308 g/mol.